The Bertz CT molecular complexity index is 883. The fourth-order valence-corrected chi connectivity index (χ4v) is 3.60. The van der Waals surface area contributed by atoms with Gasteiger partial charge < -0.3 is 15.2 Å². The maximum atomic E-state index is 12.4. The molecule has 28 heavy (non-hydrogen) atoms. The first kappa shape index (κ1) is 21.9. The highest BCUT2D eigenvalue weighted by molar-refractivity contribution is 7.89. The number of benzene rings is 2. The lowest BCUT2D eigenvalue weighted by Gasteiger charge is -2.13. The molecule has 0 heterocycles. The van der Waals surface area contributed by atoms with Crippen molar-refractivity contribution in [1.29, 1.82) is 0 Å². The van der Waals surface area contributed by atoms with E-state index < -0.39 is 16.0 Å². The van der Waals surface area contributed by atoms with Crippen molar-refractivity contribution in [2.24, 2.45) is 0 Å². The number of carboxylic acids is 1. The number of sulfonamides is 1. The first-order valence-corrected chi connectivity index (χ1v) is 10.5. The standard InChI is InChI=1S/C20H26N2O5S/c1-15(2)27-12-6-11-22-28(25,26)17-9-10-19(18(13-17)20(23)24)21-14-16-7-4-3-5-8-16/h3-5,7-10,13,15,21-22H,6,11-12,14H2,1-2H3,(H,23,24). The number of hydrogen-bond acceptors (Lipinski definition) is 5. The predicted octanol–water partition coefficient (Wildman–Crippen LogP) is 3.09. The fourth-order valence-electron chi connectivity index (χ4n) is 2.50. The summed E-state index contributed by atoms with van der Waals surface area (Å²) in [4.78, 5) is 11.5. The third-order valence-electron chi connectivity index (χ3n) is 3.92. The zero-order chi connectivity index (χ0) is 20.6. The van der Waals surface area contributed by atoms with Crippen LogP contribution >= 0.6 is 0 Å². The number of carbonyl (C=O) groups is 1. The van der Waals surface area contributed by atoms with E-state index >= 15 is 0 Å². The molecule has 0 aromatic heterocycles. The molecule has 0 unspecified atom stereocenters. The molecule has 0 aliphatic carbocycles. The zero-order valence-corrected chi connectivity index (χ0v) is 16.8. The Morgan fingerprint density at radius 3 is 2.50 bits per heavy atom. The molecule has 2 aromatic rings. The Balaban J connectivity index is 2.07. The predicted molar refractivity (Wildman–Crippen MR) is 108 cm³/mol. The minimum absolute atomic E-state index is 0.0834. The van der Waals surface area contributed by atoms with E-state index in [2.05, 4.69) is 10.0 Å². The van der Waals surface area contributed by atoms with E-state index in [1.807, 2.05) is 44.2 Å². The molecule has 0 atom stereocenters. The number of ether oxygens (including phenoxy) is 1. The van der Waals surface area contributed by atoms with E-state index in [-0.39, 0.29) is 23.1 Å². The Morgan fingerprint density at radius 1 is 1.14 bits per heavy atom. The smallest absolute Gasteiger partial charge is 0.337 e. The maximum Gasteiger partial charge on any atom is 0.337 e. The van der Waals surface area contributed by atoms with Crippen LogP contribution in [-0.4, -0.2) is 38.7 Å². The van der Waals surface area contributed by atoms with E-state index in [9.17, 15) is 18.3 Å². The Labute approximate surface area is 165 Å². The summed E-state index contributed by atoms with van der Waals surface area (Å²) in [5.41, 5.74) is 1.25. The van der Waals surface area contributed by atoms with Gasteiger partial charge in [-0.3, -0.25) is 0 Å². The summed E-state index contributed by atoms with van der Waals surface area (Å²) in [5.74, 6) is -1.20. The molecule has 8 heteroatoms. The molecule has 3 N–H and O–H groups in total. The van der Waals surface area contributed by atoms with Gasteiger partial charge in [0.1, 0.15) is 0 Å². The van der Waals surface area contributed by atoms with Gasteiger partial charge in [0.25, 0.3) is 0 Å². The molecule has 0 bridgehead atoms. The van der Waals surface area contributed by atoms with Crippen molar-refractivity contribution in [1.82, 2.24) is 4.72 Å². The van der Waals surface area contributed by atoms with Gasteiger partial charge in [-0.2, -0.15) is 0 Å². The van der Waals surface area contributed by atoms with Crippen LogP contribution in [0, 0.1) is 0 Å². The number of carboxylic acid groups (broad SMARTS) is 1. The lowest BCUT2D eigenvalue weighted by molar-refractivity contribution is 0.0697. The van der Waals surface area contributed by atoms with Crippen LogP contribution in [0.15, 0.2) is 53.4 Å². The molecular weight excluding hydrogens is 380 g/mol. The van der Waals surface area contributed by atoms with Crippen LogP contribution in [0.1, 0.15) is 36.2 Å². The van der Waals surface area contributed by atoms with Crippen molar-refractivity contribution in [3.05, 3.63) is 59.7 Å². The number of aromatic carboxylic acids is 1. The number of anilines is 1. The second kappa shape index (κ2) is 10.2. The van der Waals surface area contributed by atoms with Crippen LogP contribution < -0.4 is 10.0 Å². The molecule has 152 valence electrons. The van der Waals surface area contributed by atoms with Gasteiger partial charge in [-0.1, -0.05) is 30.3 Å². The quantitative estimate of drug-likeness (QED) is 0.495. The van der Waals surface area contributed by atoms with Crippen LogP contribution in [0.4, 0.5) is 5.69 Å². The van der Waals surface area contributed by atoms with E-state index in [4.69, 9.17) is 4.74 Å². The molecule has 0 spiro atoms. The van der Waals surface area contributed by atoms with Crippen LogP contribution in [0.3, 0.4) is 0 Å². The van der Waals surface area contributed by atoms with Crippen LogP contribution in [0.25, 0.3) is 0 Å². The lowest BCUT2D eigenvalue weighted by atomic mass is 10.1. The van der Waals surface area contributed by atoms with Gasteiger partial charge in [0.15, 0.2) is 0 Å². The van der Waals surface area contributed by atoms with Gasteiger partial charge in [0.05, 0.1) is 16.6 Å². The largest absolute Gasteiger partial charge is 0.478 e. The van der Waals surface area contributed by atoms with Crippen molar-refractivity contribution < 1.29 is 23.1 Å². The SMILES string of the molecule is CC(C)OCCCNS(=O)(=O)c1ccc(NCc2ccccc2)c(C(=O)O)c1. The van der Waals surface area contributed by atoms with E-state index in [0.717, 1.165) is 5.56 Å². The highest BCUT2D eigenvalue weighted by atomic mass is 32.2. The second-order valence-corrected chi connectivity index (χ2v) is 8.29. The van der Waals surface area contributed by atoms with Crippen LogP contribution in [0.2, 0.25) is 0 Å². The lowest BCUT2D eigenvalue weighted by Crippen LogP contribution is -2.26. The van der Waals surface area contributed by atoms with Crippen LogP contribution in [0.5, 0.6) is 0 Å². The molecule has 0 amide bonds. The van der Waals surface area contributed by atoms with Gasteiger partial charge in [-0.25, -0.2) is 17.9 Å². The van der Waals surface area contributed by atoms with Gasteiger partial charge in [0, 0.05) is 25.4 Å². The summed E-state index contributed by atoms with van der Waals surface area (Å²) in [6, 6.07) is 13.6. The molecule has 7 nitrogen and oxygen atoms in total. The Kier molecular flexibility index (Phi) is 7.98. The summed E-state index contributed by atoms with van der Waals surface area (Å²) in [5, 5.41) is 12.5. The molecule has 2 rings (SSSR count). The minimum Gasteiger partial charge on any atom is -0.478 e. The van der Waals surface area contributed by atoms with Crippen LogP contribution in [-0.2, 0) is 21.3 Å². The monoisotopic (exact) mass is 406 g/mol. The summed E-state index contributed by atoms with van der Waals surface area (Å²) < 4.78 is 32.7. The molecule has 0 aliphatic heterocycles. The van der Waals surface area contributed by atoms with Gasteiger partial charge >= 0.3 is 5.97 Å². The number of hydrogen-bond donors (Lipinski definition) is 3. The van der Waals surface area contributed by atoms with E-state index in [0.29, 0.717) is 25.3 Å². The summed E-state index contributed by atoms with van der Waals surface area (Å²) >= 11 is 0. The average molecular weight is 407 g/mol. The van der Waals surface area contributed by atoms with Crippen molar-refractivity contribution in [3.63, 3.8) is 0 Å². The molecule has 2 aromatic carbocycles. The van der Waals surface area contributed by atoms with Crippen molar-refractivity contribution in [3.8, 4) is 0 Å². The van der Waals surface area contributed by atoms with Crippen molar-refractivity contribution in [2.45, 2.75) is 37.8 Å². The summed E-state index contributed by atoms with van der Waals surface area (Å²) in [6.07, 6.45) is 0.616. The Morgan fingerprint density at radius 2 is 1.86 bits per heavy atom. The van der Waals surface area contributed by atoms with Gasteiger partial charge in [-0.15, -0.1) is 0 Å². The third-order valence-corrected chi connectivity index (χ3v) is 5.38. The zero-order valence-electron chi connectivity index (χ0n) is 16.0. The molecular formula is C20H26N2O5S. The Hall–Kier alpha value is -2.42. The molecule has 0 saturated carbocycles. The highest BCUT2D eigenvalue weighted by Gasteiger charge is 2.18. The molecule has 0 radical (unpaired) electrons. The fraction of sp³-hybridized carbons (Fsp3) is 0.350. The van der Waals surface area contributed by atoms with E-state index in [1.54, 1.807) is 0 Å². The van der Waals surface area contributed by atoms with Gasteiger partial charge in [-0.05, 0) is 44.0 Å². The molecule has 0 fully saturated rings. The first-order chi connectivity index (χ1) is 13.3. The highest BCUT2D eigenvalue weighted by Crippen LogP contribution is 2.21. The molecule has 0 saturated heterocycles. The third kappa shape index (κ3) is 6.63. The van der Waals surface area contributed by atoms with Crippen molar-refractivity contribution >= 4 is 21.7 Å². The number of rotatable bonds is 11. The summed E-state index contributed by atoms with van der Waals surface area (Å²) in [7, 11) is -3.80. The summed E-state index contributed by atoms with van der Waals surface area (Å²) in [6.45, 7) is 4.91. The van der Waals surface area contributed by atoms with Crippen molar-refractivity contribution in [2.75, 3.05) is 18.5 Å². The number of nitrogens with one attached hydrogen (secondary N) is 2. The first-order valence-electron chi connectivity index (χ1n) is 9.06. The molecule has 0 aliphatic rings. The normalized spacial score (nSPS) is 11.5. The topological polar surface area (TPSA) is 105 Å². The van der Waals surface area contributed by atoms with Gasteiger partial charge in [0.2, 0.25) is 10.0 Å². The minimum atomic E-state index is -3.80. The maximum absolute atomic E-state index is 12.4. The second-order valence-electron chi connectivity index (χ2n) is 6.52. The van der Waals surface area contributed by atoms with E-state index in [1.165, 1.54) is 18.2 Å². The average Bonchev–Trinajstić information content (AvgIpc) is 2.66.